The molecule has 0 radical (unpaired) electrons. The number of benzene rings is 1. The number of guanidine groups is 1. The third kappa shape index (κ3) is 7.70. The molecular formula is C22H36IN5O2. The summed E-state index contributed by atoms with van der Waals surface area (Å²) in [6, 6.07) is 8.29. The first kappa shape index (κ1) is 24.9. The van der Waals surface area contributed by atoms with E-state index in [-0.39, 0.29) is 24.0 Å². The van der Waals surface area contributed by atoms with Crippen molar-refractivity contribution in [3.8, 4) is 0 Å². The summed E-state index contributed by atoms with van der Waals surface area (Å²) in [5.41, 5.74) is 2.26. The maximum atomic E-state index is 5.71. The monoisotopic (exact) mass is 529 g/mol. The summed E-state index contributed by atoms with van der Waals surface area (Å²) in [7, 11) is 0. The second-order valence-corrected chi connectivity index (χ2v) is 7.40. The molecule has 2 aromatic rings. The predicted octanol–water partition coefficient (Wildman–Crippen LogP) is 3.49. The zero-order valence-corrected chi connectivity index (χ0v) is 20.6. The number of aryl methyl sites for hydroxylation is 2. The Kier molecular flexibility index (Phi) is 11.5. The summed E-state index contributed by atoms with van der Waals surface area (Å²) in [4.78, 5) is 9.33. The molecule has 2 N–H and O–H groups in total. The van der Waals surface area contributed by atoms with Crippen LogP contribution >= 0.6 is 24.0 Å². The molecule has 2 heterocycles. The molecule has 1 aliphatic heterocycles. The number of rotatable bonds is 11. The summed E-state index contributed by atoms with van der Waals surface area (Å²) in [5, 5.41) is 6.70. The molecule has 8 heteroatoms. The topological polar surface area (TPSA) is 72.7 Å². The second kappa shape index (κ2) is 13.8. The van der Waals surface area contributed by atoms with Crippen LogP contribution in [0.3, 0.4) is 0 Å². The Morgan fingerprint density at radius 1 is 1.30 bits per heavy atom. The highest BCUT2D eigenvalue weighted by atomic mass is 127. The number of nitrogens with zero attached hydrogens (tertiary/aromatic N) is 3. The summed E-state index contributed by atoms with van der Waals surface area (Å²) < 4.78 is 13.6. The van der Waals surface area contributed by atoms with E-state index in [4.69, 9.17) is 14.5 Å². The van der Waals surface area contributed by atoms with Crippen LogP contribution in [0.5, 0.6) is 0 Å². The van der Waals surface area contributed by atoms with Crippen LogP contribution in [0.15, 0.2) is 29.3 Å². The molecule has 0 aliphatic carbocycles. The Balaban J connectivity index is 0.00000320. The molecule has 0 bridgehead atoms. The van der Waals surface area contributed by atoms with Gasteiger partial charge in [0.15, 0.2) is 5.96 Å². The van der Waals surface area contributed by atoms with Gasteiger partial charge in [0.25, 0.3) is 0 Å². The quantitative estimate of drug-likeness (QED) is 0.202. The van der Waals surface area contributed by atoms with Gasteiger partial charge < -0.3 is 24.7 Å². The molecule has 1 aromatic heterocycles. The highest BCUT2D eigenvalue weighted by Crippen LogP contribution is 2.15. The average Bonchev–Trinajstić information content (AvgIpc) is 3.35. The van der Waals surface area contributed by atoms with Crippen LogP contribution < -0.4 is 10.6 Å². The fraction of sp³-hybridized carbons (Fsp3) is 0.636. The van der Waals surface area contributed by atoms with E-state index in [0.29, 0.717) is 6.10 Å². The van der Waals surface area contributed by atoms with Crippen molar-refractivity contribution in [3.63, 3.8) is 0 Å². The molecule has 168 valence electrons. The van der Waals surface area contributed by atoms with Crippen LogP contribution in [-0.4, -0.2) is 61.1 Å². The predicted molar refractivity (Wildman–Crippen MR) is 133 cm³/mol. The summed E-state index contributed by atoms with van der Waals surface area (Å²) >= 11 is 0. The normalized spacial score (nSPS) is 16.6. The highest BCUT2D eigenvalue weighted by molar-refractivity contribution is 14.0. The van der Waals surface area contributed by atoms with Crippen molar-refractivity contribution in [2.24, 2.45) is 4.99 Å². The number of imidazole rings is 1. The lowest BCUT2D eigenvalue weighted by atomic mass is 10.2. The van der Waals surface area contributed by atoms with E-state index < -0.39 is 0 Å². The first-order valence-electron chi connectivity index (χ1n) is 10.9. The van der Waals surface area contributed by atoms with Gasteiger partial charge in [-0.2, -0.15) is 0 Å². The fourth-order valence-corrected chi connectivity index (χ4v) is 3.61. The number of hydrogen-bond acceptors (Lipinski definition) is 4. The maximum Gasteiger partial charge on any atom is 0.191 e. The van der Waals surface area contributed by atoms with Crippen LogP contribution in [0.25, 0.3) is 11.0 Å². The third-order valence-electron chi connectivity index (χ3n) is 5.09. The second-order valence-electron chi connectivity index (χ2n) is 7.40. The number of fused-ring (bicyclic) bond motifs is 1. The number of hydrogen-bond donors (Lipinski definition) is 2. The van der Waals surface area contributed by atoms with Gasteiger partial charge in [0, 0.05) is 39.4 Å². The molecule has 0 amide bonds. The van der Waals surface area contributed by atoms with Crippen molar-refractivity contribution in [1.29, 1.82) is 0 Å². The van der Waals surface area contributed by atoms with E-state index >= 15 is 0 Å². The van der Waals surface area contributed by atoms with Gasteiger partial charge in [-0.05, 0) is 51.7 Å². The Bertz CT molecular complexity index is 774. The molecule has 1 atom stereocenters. The molecular weight excluding hydrogens is 493 g/mol. The van der Waals surface area contributed by atoms with Gasteiger partial charge in [-0.15, -0.1) is 24.0 Å². The van der Waals surface area contributed by atoms with E-state index in [1.807, 2.05) is 6.07 Å². The molecule has 1 unspecified atom stereocenters. The number of nitrogens with one attached hydrogen (secondary N) is 2. The van der Waals surface area contributed by atoms with Crippen molar-refractivity contribution in [1.82, 2.24) is 20.2 Å². The lowest BCUT2D eigenvalue weighted by molar-refractivity contribution is 0.0168. The van der Waals surface area contributed by atoms with Gasteiger partial charge in [-0.25, -0.2) is 4.98 Å². The minimum absolute atomic E-state index is 0. The van der Waals surface area contributed by atoms with Crippen molar-refractivity contribution < 1.29 is 9.47 Å². The number of aromatic nitrogens is 2. The Labute approximate surface area is 197 Å². The first-order valence-corrected chi connectivity index (χ1v) is 10.9. The van der Waals surface area contributed by atoms with Crippen molar-refractivity contribution >= 4 is 41.0 Å². The number of aliphatic imine (C=N–C) groups is 1. The Morgan fingerprint density at radius 3 is 2.97 bits per heavy atom. The van der Waals surface area contributed by atoms with E-state index in [9.17, 15) is 0 Å². The van der Waals surface area contributed by atoms with Gasteiger partial charge >= 0.3 is 0 Å². The molecule has 7 nitrogen and oxygen atoms in total. The number of halogens is 1. The molecule has 1 aromatic carbocycles. The molecule has 1 fully saturated rings. The lowest BCUT2D eigenvalue weighted by Gasteiger charge is -2.13. The maximum absolute atomic E-state index is 5.71. The zero-order valence-electron chi connectivity index (χ0n) is 18.2. The number of para-hydroxylation sites is 2. The Morgan fingerprint density at radius 2 is 2.17 bits per heavy atom. The first-order chi connectivity index (χ1) is 14.3. The standard InChI is InChI=1S/C22H35N5O2.HI/c1-3-23-22(25-13-8-15-28-17-19-9-6-16-29-19)24-12-7-14-27-18(2)26-20-10-4-5-11-21(20)27;/h4-5,10-11,19H,3,6-9,12-17H2,1-2H3,(H2,23,24,25);1H. The smallest absolute Gasteiger partial charge is 0.191 e. The molecule has 0 spiro atoms. The van der Waals surface area contributed by atoms with Gasteiger partial charge in [-0.1, -0.05) is 12.1 Å². The van der Waals surface area contributed by atoms with Crippen molar-refractivity contribution in [2.45, 2.75) is 52.2 Å². The average molecular weight is 529 g/mol. The fourth-order valence-electron chi connectivity index (χ4n) is 3.61. The third-order valence-corrected chi connectivity index (χ3v) is 5.09. The van der Waals surface area contributed by atoms with Crippen LogP contribution in [-0.2, 0) is 16.0 Å². The molecule has 3 rings (SSSR count). The molecule has 1 aliphatic rings. The number of ether oxygens (including phenoxy) is 2. The highest BCUT2D eigenvalue weighted by Gasteiger charge is 2.14. The molecule has 1 saturated heterocycles. The van der Waals surface area contributed by atoms with Gasteiger partial charge in [-0.3, -0.25) is 4.99 Å². The molecule has 30 heavy (non-hydrogen) atoms. The van der Waals surface area contributed by atoms with E-state index in [2.05, 4.69) is 52.2 Å². The Hall–Kier alpha value is -1.39. The van der Waals surface area contributed by atoms with Crippen LogP contribution in [0.2, 0.25) is 0 Å². The minimum Gasteiger partial charge on any atom is -0.379 e. The molecule has 0 saturated carbocycles. The van der Waals surface area contributed by atoms with Crippen LogP contribution in [0, 0.1) is 6.92 Å². The van der Waals surface area contributed by atoms with Crippen molar-refractivity contribution in [2.75, 3.05) is 39.5 Å². The summed E-state index contributed by atoms with van der Waals surface area (Å²) in [6.07, 6.45) is 4.52. The largest absolute Gasteiger partial charge is 0.379 e. The van der Waals surface area contributed by atoms with Crippen LogP contribution in [0.1, 0.15) is 38.4 Å². The van der Waals surface area contributed by atoms with E-state index in [1.54, 1.807) is 0 Å². The van der Waals surface area contributed by atoms with Gasteiger partial charge in [0.2, 0.25) is 0 Å². The van der Waals surface area contributed by atoms with E-state index in [0.717, 1.165) is 89.0 Å². The lowest BCUT2D eigenvalue weighted by Crippen LogP contribution is -2.38. The van der Waals surface area contributed by atoms with Gasteiger partial charge in [0.1, 0.15) is 5.82 Å². The zero-order chi connectivity index (χ0) is 20.3. The summed E-state index contributed by atoms with van der Waals surface area (Å²) in [6.45, 7) is 9.90. The minimum atomic E-state index is 0. The van der Waals surface area contributed by atoms with Crippen LogP contribution in [0.4, 0.5) is 0 Å². The van der Waals surface area contributed by atoms with E-state index in [1.165, 1.54) is 5.52 Å². The van der Waals surface area contributed by atoms with Crippen molar-refractivity contribution in [3.05, 3.63) is 30.1 Å². The SMILES string of the molecule is CCNC(=NCCCn1c(C)nc2ccccc21)NCCCOCC1CCCO1.I. The van der Waals surface area contributed by atoms with Gasteiger partial charge in [0.05, 0.1) is 23.7 Å². The summed E-state index contributed by atoms with van der Waals surface area (Å²) in [5.74, 6) is 1.93.